The minimum Gasteiger partial charge on any atom is -0.372 e. The molecule has 1 aromatic carbocycles. The second kappa shape index (κ2) is 7.91. The smallest absolute Gasteiger partial charge is 0.263 e. The highest BCUT2D eigenvalue weighted by Gasteiger charge is 2.17. The van der Waals surface area contributed by atoms with Crippen LogP contribution >= 0.6 is 0 Å². The number of aromatic amines is 1. The number of nitrogens with one attached hydrogen (secondary N) is 2. The highest BCUT2D eigenvalue weighted by molar-refractivity contribution is 5.91. The van der Waals surface area contributed by atoms with E-state index in [0.717, 1.165) is 11.3 Å². The van der Waals surface area contributed by atoms with E-state index in [4.69, 9.17) is 4.74 Å². The number of rotatable bonds is 6. The number of carbonyl (C=O) groups excluding carboxylic acids is 1. The standard InChI is InChI=1S/C20H21N7O3/c1-4-30-11-17(28)22-16-9-13(3)25-27(16)20-23-18-15(19(29)24-20)10-21-26(18)14-7-5-12(2)6-8-14/h5-10H,4,11H2,1-3H3,(H,22,28)(H,23,24,29). The monoisotopic (exact) mass is 407 g/mol. The molecule has 0 bridgehead atoms. The zero-order valence-electron chi connectivity index (χ0n) is 16.8. The van der Waals surface area contributed by atoms with Crippen molar-refractivity contribution in [2.45, 2.75) is 20.8 Å². The molecule has 0 saturated carbocycles. The number of benzene rings is 1. The van der Waals surface area contributed by atoms with Gasteiger partial charge in [0, 0.05) is 12.7 Å². The minimum absolute atomic E-state index is 0.0795. The molecule has 0 aliphatic carbocycles. The second-order valence-corrected chi connectivity index (χ2v) is 6.79. The van der Waals surface area contributed by atoms with Gasteiger partial charge < -0.3 is 10.1 Å². The molecule has 0 spiro atoms. The Balaban J connectivity index is 1.79. The highest BCUT2D eigenvalue weighted by atomic mass is 16.5. The largest absolute Gasteiger partial charge is 0.372 e. The SMILES string of the molecule is CCOCC(=O)Nc1cc(C)nn1-c1nc2c(cnn2-c2ccc(C)cc2)c(=O)[nH]1. The molecule has 10 nitrogen and oxygen atoms in total. The first-order valence-corrected chi connectivity index (χ1v) is 9.46. The van der Waals surface area contributed by atoms with E-state index in [9.17, 15) is 9.59 Å². The van der Waals surface area contributed by atoms with Crippen LogP contribution in [-0.4, -0.2) is 48.6 Å². The fraction of sp³-hybridized carbons (Fsp3) is 0.250. The van der Waals surface area contributed by atoms with Gasteiger partial charge >= 0.3 is 0 Å². The number of carbonyl (C=O) groups is 1. The zero-order chi connectivity index (χ0) is 21.3. The van der Waals surface area contributed by atoms with Crippen LogP contribution in [0.5, 0.6) is 0 Å². The number of H-pyrrole nitrogens is 1. The van der Waals surface area contributed by atoms with E-state index >= 15 is 0 Å². The van der Waals surface area contributed by atoms with Crippen molar-refractivity contribution in [1.29, 1.82) is 0 Å². The van der Waals surface area contributed by atoms with Gasteiger partial charge in [0.05, 0.1) is 17.6 Å². The van der Waals surface area contributed by atoms with E-state index in [0.29, 0.717) is 29.2 Å². The van der Waals surface area contributed by atoms with E-state index < -0.39 is 0 Å². The Morgan fingerprint density at radius 2 is 1.97 bits per heavy atom. The third kappa shape index (κ3) is 3.72. The average Bonchev–Trinajstić information content (AvgIpc) is 3.30. The quantitative estimate of drug-likeness (QED) is 0.504. The number of hydrogen-bond acceptors (Lipinski definition) is 6. The summed E-state index contributed by atoms with van der Waals surface area (Å²) in [6.07, 6.45) is 1.48. The van der Waals surface area contributed by atoms with Crippen LogP contribution in [-0.2, 0) is 9.53 Å². The van der Waals surface area contributed by atoms with Crippen LogP contribution in [0.25, 0.3) is 22.7 Å². The molecule has 0 atom stereocenters. The topological polar surface area (TPSA) is 120 Å². The molecule has 0 saturated heterocycles. The molecule has 4 rings (SSSR count). The van der Waals surface area contributed by atoms with Crippen LogP contribution in [0.15, 0.2) is 41.3 Å². The maximum Gasteiger partial charge on any atom is 0.263 e. The molecule has 0 unspecified atom stereocenters. The van der Waals surface area contributed by atoms with Crippen LogP contribution < -0.4 is 10.9 Å². The maximum atomic E-state index is 12.7. The van der Waals surface area contributed by atoms with E-state index in [2.05, 4.69) is 25.5 Å². The van der Waals surface area contributed by atoms with Gasteiger partial charge in [-0.25, -0.2) is 4.68 Å². The molecule has 3 heterocycles. The molecule has 1 amide bonds. The molecule has 3 aromatic heterocycles. The zero-order valence-corrected chi connectivity index (χ0v) is 16.8. The normalized spacial score (nSPS) is 11.2. The Labute approximate surface area is 171 Å². The summed E-state index contributed by atoms with van der Waals surface area (Å²) < 4.78 is 8.11. The first kappa shape index (κ1) is 19.5. The predicted octanol–water partition coefficient (Wildman–Crippen LogP) is 1.89. The molecule has 0 radical (unpaired) electrons. The third-order valence-electron chi connectivity index (χ3n) is 4.44. The Morgan fingerprint density at radius 3 is 2.70 bits per heavy atom. The summed E-state index contributed by atoms with van der Waals surface area (Å²) in [6.45, 7) is 5.93. The van der Waals surface area contributed by atoms with Crippen molar-refractivity contribution >= 4 is 22.8 Å². The van der Waals surface area contributed by atoms with E-state index in [1.165, 1.54) is 10.9 Å². The molecule has 4 aromatic rings. The van der Waals surface area contributed by atoms with Gasteiger partial charge in [0.15, 0.2) is 5.65 Å². The van der Waals surface area contributed by atoms with Gasteiger partial charge in [0.1, 0.15) is 17.8 Å². The number of anilines is 1. The second-order valence-electron chi connectivity index (χ2n) is 6.79. The lowest BCUT2D eigenvalue weighted by molar-refractivity contribution is -0.120. The lowest BCUT2D eigenvalue weighted by atomic mass is 10.2. The van der Waals surface area contributed by atoms with Crippen molar-refractivity contribution in [3.63, 3.8) is 0 Å². The molecule has 30 heavy (non-hydrogen) atoms. The van der Waals surface area contributed by atoms with Crippen molar-refractivity contribution < 1.29 is 9.53 Å². The summed E-state index contributed by atoms with van der Waals surface area (Å²) in [6, 6.07) is 9.41. The van der Waals surface area contributed by atoms with E-state index in [-0.39, 0.29) is 24.0 Å². The van der Waals surface area contributed by atoms with Gasteiger partial charge in [-0.2, -0.15) is 19.9 Å². The molecule has 154 valence electrons. The molecular weight excluding hydrogens is 386 g/mol. The molecular formula is C20H21N7O3. The maximum absolute atomic E-state index is 12.7. The molecule has 10 heteroatoms. The number of nitrogens with zero attached hydrogens (tertiary/aromatic N) is 5. The Kier molecular flexibility index (Phi) is 5.15. The summed E-state index contributed by atoms with van der Waals surface area (Å²) in [5.41, 5.74) is 2.57. The number of amides is 1. The van der Waals surface area contributed by atoms with Gasteiger partial charge in [-0.3, -0.25) is 14.6 Å². The van der Waals surface area contributed by atoms with Crippen LogP contribution in [0.3, 0.4) is 0 Å². The van der Waals surface area contributed by atoms with Crippen LogP contribution in [0.2, 0.25) is 0 Å². The molecule has 2 N–H and O–H groups in total. The molecule has 0 aliphatic rings. The number of aromatic nitrogens is 6. The van der Waals surface area contributed by atoms with Gasteiger partial charge in [-0.15, -0.1) is 0 Å². The Hall–Kier alpha value is -3.79. The first-order chi connectivity index (χ1) is 14.5. The highest BCUT2D eigenvalue weighted by Crippen LogP contribution is 2.18. The van der Waals surface area contributed by atoms with Crippen LogP contribution in [0, 0.1) is 13.8 Å². The van der Waals surface area contributed by atoms with Gasteiger partial charge in [-0.05, 0) is 32.9 Å². The summed E-state index contributed by atoms with van der Waals surface area (Å²) >= 11 is 0. The van der Waals surface area contributed by atoms with Crippen molar-refractivity contribution in [2.24, 2.45) is 0 Å². The van der Waals surface area contributed by atoms with Crippen molar-refractivity contribution in [3.8, 4) is 11.6 Å². The third-order valence-corrected chi connectivity index (χ3v) is 4.44. The van der Waals surface area contributed by atoms with E-state index in [1.807, 2.05) is 38.1 Å². The fourth-order valence-corrected chi connectivity index (χ4v) is 3.01. The van der Waals surface area contributed by atoms with Crippen molar-refractivity contribution in [3.05, 3.63) is 58.1 Å². The number of aryl methyl sites for hydroxylation is 2. The van der Waals surface area contributed by atoms with Gasteiger partial charge in [-0.1, -0.05) is 17.7 Å². The average molecular weight is 407 g/mol. The summed E-state index contributed by atoms with van der Waals surface area (Å²) in [4.78, 5) is 32.0. The van der Waals surface area contributed by atoms with Crippen molar-refractivity contribution in [1.82, 2.24) is 29.5 Å². The number of hydrogen-bond donors (Lipinski definition) is 2. The minimum atomic E-state index is -0.354. The molecule has 0 aliphatic heterocycles. The van der Waals surface area contributed by atoms with Crippen LogP contribution in [0.1, 0.15) is 18.2 Å². The fourth-order valence-electron chi connectivity index (χ4n) is 3.01. The molecule has 0 fully saturated rings. The Bertz CT molecular complexity index is 1270. The number of fused-ring (bicyclic) bond motifs is 1. The Morgan fingerprint density at radius 1 is 1.20 bits per heavy atom. The summed E-state index contributed by atoms with van der Waals surface area (Å²) in [7, 11) is 0. The van der Waals surface area contributed by atoms with Crippen LogP contribution in [0.4, 0.5) is 5.82 Å². The number of ether oxygens (including phenoxy) is 1. The van der Waals surface area contributed by atoms with Gasteiger partial charge in [0.25, 0.3) is 11.5 Å². The predicted molar refractivity (Wildman–Crippen MR) is 111 cm³/mol. The van der Waals surface area contributed by atoms with E-state index in [1.54, 1.807) is 17.7 Å². The summed E-state index contributed by atoms with van der Waals surface area (Å²) in [5, 5.41) is 11.8. The summed E-state index contributed by atoms with van der Waals surface area (Å²) in [5.74, 6) is 0.216. The van der Waals surface area contributed by atoms with Crippen molar-refractivity contribution in [2.75, 3.05) is 18.5 Å². The van der Waals surface area contributed by atoms with Gasteiger partial charge in [0.2, 0.25) is 5.95 Å². The lowest BCUT2D eigenvalue weighted by Crippen LogP contribution is -2.22. The first-order valence-electron chi connectivity index (χ1n) is 9.46. The lowest BCUT2D eigenvalue weighted by Gasteiger charge is -2.09.